The molecule has 0 fully saturated rings. The number of hydrogen-bond acceptors (Lipinski definition) is 5. The van der Waals surface area contributed by atoms with Gasteiger partial charge >= 0.3 is 6.09 Å². The average molecular weight is 580 g/mol. The number of amides is 3. The van der Waals surface area contributed by atoms with Crippen LogP contribution in [0, 0.1) is 19.3 Å². The molecule has 0 saturated carbocycles. The molecule has 0 saturated heterocycles. The summed E-state index contributed by atoms with van der Waals surface area (Å²) >= 11 is 1.58. The molecule has 0 bridgehead atoms. The number of rotatable bonds is 14. The number of nitrogens with one attached hydrogen (secondary N) is 2. The van der Waals surface area contributed by atoms with Crippen molar-refractivity contribution >= 4 is 35.4 Å². The van der Waals surface area contributed by atoms with Gasteiger partial charge in [-0.25, -0.2) is 4.79 Å². The lowest BCUT2D eigenvalue weighted by molar-refractivity contribution is -0.141. The minimum Gasteiger partial charge on any atom is -0.444 e. The first-order valence-corrected chi connectivity index (χ1v) is 15.6. The highest BCUT2D eigenvalue weighted by Crippen LogP contribution is 2.29. The van der Waals surface area contributed by atoms with Crippen molar-refractivity contribution in [1.82, 2.24) is 10.2 Å². The van der Waals surface area contributed by atoms with E-state index in [4.69, 9.17) is 11.2 Å². The zero-order chi connectivity index (χ0) is 30.4. The van der Waals surface area contributed by atoms with Crippen LogP contribution in [0.25, 0.3) is 0 Å². The van der Waals surface area contributed by atoms with Crippen molar-refractivity contribution in [3.63, 3.8) is 0 Å². The fraction of sp³-hybridized carbons (Fsp3) is 0.485. The van der Waals surface area contributed by atoms with E-state index < -0.39 is 23.8 Å². The van der Waals surface area contributed by atoms with E-state index in [-0.39, 0.29) is 11.8 Å². The molecule has 2 aromatic rings. The van der Waals surface area contributed by atoms with Crippen molar-refractivity contribution in [1.29, 1.82) is 0 Å². The Kier molecular flexibility index (Phi) is 13.8. The number of benzene rings is 2. The van der Waals surface area contributed by atoms with E-state index in [0.717, 1.165) is 24.8 Å². The largest absolute Gasteiger partial charge is 0.444 e. The van der Waals surface area contributed by atoms with E-state index in [0.29, 0.717) is 42.0 Å². The van der Waals surface area contributed by atoms with Gasteiger partial charge in [-0.3, -0.25) is 9.59 Å². The normalized spacial score (nSPS) is 12.5. The SMILES string of the molecule is C#Cc1ccccc1C(C(=O)Nc1ccccc1C)N(CCCCCC)C(=O)C(CCSC)NC(=O)OC(C)(C)C. The molecule has 8 heteroatoms. The van der Waals surface area contributed by atoms with Crippen molar-refractivity contribution in [2.75, 3.05) is 23.9 Å². The van der Waals surface area contributed by atoms with Crippen LogP contribution in [0.1, 0.15) is 82.5 Å². The maximum absolute atomic E-state index is 14.4. The Bertz CT molecular complexity index is 1200. The number of nitrogens with zero attached hydrogens (tertiary/aromatic N) is 1. The summed E-state index contributed by atoms with van der Waals surface area (Å²) in [5.41, 5.74) is 1.92. The van der Waals surface area contributed by atoms with Gasteiger partial charge in [-0.1, -0.05) is 68.5 Å². The Morgan fingerprint density at radius 3 is 2.37 bits per heavy atom. The second-order valence-corrected chi connectivity index (χ2v) is 12.0. The molecule has 7 nitrogen and oxygen atoms in total. The van der Waals surface area contributed by atoms with E-state index >= 15 is 0 Å². The summed E-state index contributed by atoms with van der Waals surface area (Å²) in [5, 5.41) is 5.82. The predicted octanol–water partition coefficient (Wildman–Crippen LogP) is 6.71. The van der Waals surface area contributed by atoms with Crippen LogP contribution in [0.5, 0.6) is 0 Å². The molecular weight excluding hydrogens is 534 g/mol. The summed E-state index contributed by atoms with van der Waals surface area (Å²) in [5.74, 6) is 2.60. The van der Waals surface area contributed by atoms with Gasteiger partial charge in [0.15, 0.2) is 0 Å². The smallest absolute Gasteiger partial charge is 0.408 e. The molecule has 2 unspecified atom stereocenters. The van der Waals surface area contributed by atoms with Crippen LogP contribution in [-0.2, 0) is 14.3 Å². The number of thioether (sulfide) groups is 1. The van der Waals surface area contributed by atoms with Crippen LogP contribution in [0.2, 0.25) is 0 Å². The summed E-state index contributed by atoms with van der Waals surface area (Å²) in [6.45, 7) is 9.68. The molecule has 0 aliphatic carbocycles. The van der Waals surface area contributed by atoms with Crippen LogP contribution in [0.4, 0.5) is 10.5 Å². The topological polar surface area (TPSA) is 87.7 Å². The van der Waals surface area contributed by atoms with Gasteiger partial charge in [0.1, 0.15) is 17.7 Å². The Hall–Kier alpha value is -3.44. The van der Waals surface area contributed by atoms with E-state index in [1.165, 1.54) is 0 Å². The summed E-state index contributed by atoms with van der Waals surface area (Å²) in [7, 11) is 0. The number of anilines is 1. The number of unbranched alkanes of at least 4 members (excludes halogenated alkanes) is 3. The first-order valence-electron chi connectivity index (χ1n) is 14.2. The molecule has 3 amide bonds. The van der Waals surface area contributed by atoms with Crippen LogP contribution in [0.3, 0.4) is 0 Å². The van der Waals surface area contributed by atoms with Crippen LogP contribution in [0.15, 0.2) is 48.5 Å². The van der Waals surface area contributed by atoms with Gasteiger partial charge in [0.05, 0.1) is 0 Å². The monoisotopic (exact) mass is 579 g/mol. The molecule has 0 spiro atoms. The summed E-state index contributed by atoms with van der Waals surface area (Å²) in [6.07, 6.45) is 11.2. The molecule has 2 N–H and O–H groups in total. The number of alkyl carbamates (subject to hydrolysis) is 1. The Labute approximate surface area is 250 Å². The highest BCUT2D eigenvalue weighted by atomic mass is 32.2. The molecule has 222 valence electrons. The van der Waals surface area contributed by atoms with E-state index in [1.807, 2.05) is 49.6 Å². The van der Waals surface area contributed by atoms with Gasteiger partial charge in [0, 0.05) is 17.8 Å². The van der Waals surface area contributed by atoms with Crippen molar-refractivity contribution in [3.05, 3.63) is 65.2 Å². The Morgan fingerprint density at radius 1 is 1.05 bits per heavy atom. The third kappa shape index (κ3) is 10.8. The van der Waals surface area contributed by atoms with E-state index in [2.05, 4.69) is 23.5 Å². The highest BCUT2D eigenvalue weighted by Gasteiger charge is 2.37. The van der Waals surface area contributed by atoms with Gasteiger partial charge in [-0.15, -0.1) is 6.42 Å². The first kappa shape index (κ1) is 33.8. The first-order chi connectivity index (χ1) is 19.5. The van der Waals surface area contributed by atoms with Crippen molar-refractivity contribution < 1.29 is 19.1 Å². The van der Waals surface area contributed by atoms with Gasteiger partial charge in [0.2, 0.25) is 5.91 Å². The summed E-state index contributed by atoms with van der Waals surface area (Å²) < 4.78 is 5.48. The van der Waals surface area contributed by atoms with Gasteiger partial charge in [0.25, 0.3) is 5.91 Å². The molecule has 0 heterocycles. The van der Waals surface area contributed by atoms with E-state index in [1.54, 1.807) is 49.6 Å². The maximum atomic E-state index is 14.4. The summed E-state index contributed by atoms with van der Waals surface area (Å²) in [4.78, 5) is 42.9. The second kappa shape index (κ2) is 16.7. The maximum Gasteiger partial charge on any atom is 0.408 e. The molecule has 0 radical (unpaired) electrons. The minimum atomic E-state index is -1.01. The predicted molar refractivity (Wildman–Crippen MR) is 169 cm³/mol. The lowest BCUT2D eigenvalue weighted by atomic mass is 9.96. The fourth-order valence-corrected chi connectivity index (χ4v) is 4.92. The van der Waals surface area contributed by atoms with Gasteiger partial charge in [-0.2, -0.15) is 11.8 Å². The van der Waals surface area contributed by atoms with Crippen molar-refractivity contribution in [3.8, 4) is 12.3 Å². The van der Waals surface area contributed by atoms with Crippen molar-refractivity contribution in [2.24, 2.45) is 0 Å². The quantitative estimate of drug-likeness (QED) is 0.192. The van der Waals surface area contributed by atoms with Crippen LogP contribution < -0.4 is 10.6 Å². The number of terminal acetylenes is 1. The average Bonchev–Trinajstić information content (AvgIpc) is 2.92. The third-order valence-corrected chi connectivity index (χ3v) is 7.15. The highest BCUT2D eigenvalue weighted by molar-refractivity contribution is 7.98. The fourth-order valence-electron chi connectivity index (χ4n) is 4.45. The number of ether oxygens (including phenoxy) is 1. The number of aryl methyl sites for hydroxylation is 1. The zero-order valence-electron chi connectivity index (χ0n) is 25.3. The van der Waals surface area contributed by atoms with Crippen molar-refractivity contribution in [2.45, 2.75) is 84.4 Å². The molecular formula is C33H45N3O4S. The number of carbonyl (C=O) groups is 3. The lowest BCUT2D eigenvalue weighted by Crippen LogP contribution is -2.53. The Balaban J connectivity index is 2.59. The Morgan fingerprint density at radius 2 is 1.73 bits per heavy atom. The summed E-state index contributed by atoms with van der Waals surface area (Å²) in [6, 6.07) is 12.8. The molecule has 0 aromatic heterocycles. The molecule has 0 aliphatic rings. The molecule has 2 aromatic carbocycles. The number of carbonyl (C=O) groups excluding carboxylic acids is 3. The van der Waals surface area contributed by atoms with Crippen LogP contribution in [-0.4, -0.2) is 53.0 Å². The number of para-hydroxylation sites is 1. The second-order valence-electron chi connectivity index (χ2n) is 11.0. The molecule has 0 aliphatic heterocycles. The minimum absolute atomic E-state index is 0.329. The zero-order valence-corrected chi connectivity index (χ0v) is 26.1. The lowest BCUT2D eigenvalue weighted by Gasteiger charge is -2.35. The standard InChI is InChI=1S/C33H45N3O4S/c1-8-10-11-16-22-36(31(38)28(21-23-41-7)35-32(39)40-33(4,5)6)29(26-19-14-13-18-25(26)9-2)30(37)34-27-20-15-12-17-24(27)3/h2,12-15,17-20,28-29H,8,10-11,16,21-23H2,1,3-7H3,(H,34,37)(H,35,39). The molecule has 2 atom stereocenters. The van der Waals surface area contributed by atoms with E-state index in [9.17, 15) is 14.4 Å². The number of hydrogen-bond donors (Lipinski definition) is 2. The van der Waals surface area contributed by atoms with Gasteiger partial charge < -0.3 is 20.3 Å². The third-order valence-electron chi connectivity index (χ3n) is 6.51. The molecule has 2 rings (SSSR count). The van der Waals surface area contributed by atoms with Crippen LogP contribution >= 0.6 is 11.8 Å². The van der Waals surface area contributed by atoms with Gasteiger partial charge in [-0.05, 0) is 75.8 Å². The molecule has 41 heavy (non-hydrogen) atoms.